The highest BCUT2D eigenvalue weighted by atomic mass is 19.1. The van der Waals surface area contributed by atoms with E-state index in [1.807, 2.05) is 18.2 Å². The Morgan fingerprint density at radius 1 is 1.00 bits per heavy atom. The Labute approximate surface area is 131 Å². The fourth-order valence-corrected chi connectivity index (χ4v) is 3.12. The lowest BCUT2D eigenvalue weighted by Crippen LogP contribution is -2.43. The van der Waals surface area contributed by atoms with E-state index in [0.29, 0.717) is 13.1 Å². The van der Waals surface area contributed by atoms with E-state index in [9.17, 15) is 4.39 Å². The molecule has 1 fully saturated rings. The second kappa shape index (κ2) is 7.03. The van der Waals surface area contributed by atoms with Crippen molar-refractivity contribution in [1.82, 2.24) is 4.90 Å². The molecule has 0 radical (unpaired) electrons. The van der Waals surface area contributed by atoms with Crippen molar-refractivity contribution in [3.63, 3.8) is 0 Å². The van der Waals surface area contributed by atoms with Gasteiger partial charge < -0.3 is 5.73 Å². The quantitative estimate of drug-likeness (QED) is 0.936. The number of benzene rings is 2. The molecule has 0 aliphatic carbocycles. The minimum Gasteiger partial charge on any atom is -0.330 e. The van der Waals surface area contributed by atoms with Gasteiger partial charge in [0.2, 0.25) is 0 Å². The van der Waals surface area contributed by atoms with Crippen molar-refractivity contribution in [1.29, 1.82) is 0 Å². The van der Waals surface area contributed by atoms with Gasteiger partial charge in [-0.2, -0.15) is 0 Å². The molecular formula is C19H23FN2. The molecule has 0 bridgehead atoms. The van der Waals surface area contributed by atoms with Crippen molar-refractivity contribution in [3.8, 4) is 11.1 Å². The maximum atomic E-state index is 14.0. The lowest BCUT2D eigenvalue weighted by atomic mass is 9.95. The highest BCUT2D eigenvalue weighted by Crippen LogP contribution is 2.23. The molecule has 3 heteroatoms. The van der Waals surface area contributed by atoms with Gasteiger partial charge in [-0.25, -0.2) is 4.39 Å². The summed E-state index contributed by atoms with van der Waals surface area (Å²) in [5.74, 6) is 0.0386. The molecule has 1 heterocycles. The zero-order valence-electron chi connectivity index (χ0n) is 12.8. The summed E-state index contributed by atoms with van der Waals surface area (Å²) in [4.78, 5) is 2.19. The molecule has 22 heavy (non-hydrogen) atoms. The monoisotopic (exact) mass is 298 g/mol. The van der Waals surface area contributed by atoms with Gasteiger partial charge in [-0.1, -0.05) is 54.6 Å². The van der Waals surface area contributed by atoms with E-state index < -0.39 is 6.17 Å². The second-order valence-electron chi connectivity index (χ2n) is 6.10. The van der Waals surface area contributed by atoms with Crippen molar-refractivity contribution in [2.24, 2.45) is 11.7 Å². The van der Waals surface area contributed by atoms with Crippen LogP contribution in [0.1, 0.15) is 12.0 Å². The molecule has 2 atom stereocenters. The molecule has 1 aliphatic heterocycles. The van der Waals surface area contributed by atoms with Crippen LogP contribution in [0.5, 0.6) is 0 Å². The summed E-state index contributed by atoms with van der Waals surface area (Å²) in [5, 5.41) is 0. The van der Waals surface area contributed by atoms with Crippen molar-refractivity contribution in [2.75, 3.05) is 19.6 Å². The SMILES string of the molecule is NC[C@@H]1CCN(Cc2ccc(-c3ccccc3)cc2)C[C@@H]1F. The summed E-state index contributed by atoms with van der Waals surface area (Å²) >= 11 is 0. The number of hydrogen-bond donors (Lipinski definition) is 1. The molecule has 1 saturated heterocycles. The lowest BCUT2D eigenvalue weighted by Gasteiger charge is -2.34. The number of likely N-dealkylation sites (tertiary alicyclic amines) is 1. The highest BCUT2D eigenvalue weighted by Gasteiger charge is 2.27. The summed E-state index contributed by atoms with van der Waals surface area (Å²) < 4.78 is 14.0. The Morgan fingerprint density at radius 2 is 1.68 bits per heavy atom. The summed E-state index contributed by atoms with van der Waals surface area (Å²) in [5.41, 5.74) is 9.28. The number of halogens is 1. The molecule has 0 aromatic heterocycles. The summed E-state index contributed by atoms with van der Waals surface area (Å²) in [7, 11) is 0. The first-order valence-electron chi connectivity index (χ1n) is 7.97. The van der Waals surface area contributed by atoms with Crippen molar-refractivity contribution in [3.05, 3.63) is 60.2 Å². The molecular weight excluding hydrogens is 275 g/mol. The predicted molar refractivity (Wildman–Crippen MR) is 89.2 cm³/mol. The van der Waals surface area contributed by atoms with Gasteiger partial charge >= 0.3 is 0 Å². The van der Waals surface area contributed by atoms with E-state index in [1.54, 1.807) is 0 Å². The first kappa shape index (κ1) is 15.2. The van der Waals surface area contributed by atoms with Gasteiger partial charge in [0.25, 0.3) is 0 Å². The van der Waals surface area contributed by atoms with Crippen LogP contribution in [0.4, 0.5) is 4.39 Å². The van der Waals surface area contributed by atoms with Crippen LogP contribution in [-0.4, -0.2) is 30.7 Å². The number of nitrogens with zero attached hydrogens (tertiary/aromatic N) is 1. The van der Waals surface area contributed by atoms with Crippen molar-refractivity contribution in [2.45, 2.75) is 19.1 Å². The normalized spacial score (nSPS) is 22.6. The average Bonchev–Trinajstić information content (AvgIpc) is 2.57. The maximum Gasteiger partial charge on any atom is 0.117 e. The van der Waals surface area contributed by atoms with E-state index in [2.05, 4.69) is 41.3 Å². The molecule has 3 rings (SSSR count). The van der Waals surface area contributed by atoms with E-state index in [-0.39, 0.29) is 5.92 Å². The molecule has 1 aliphatic rings. The van der Waals surface area contributed by atoms with Gasteiger partial charge in [-0.05, 0) is 36.2 Å². The zero-order valence-corrected chi connectivity index (χ0v) is 12.8. The summed E-state index contributed by atoms with van der Waals surface area (Å²) in [6.07, 6.45) is 0.0714. The number of piperidine rings is 1. The van der Waals surface area contributed by atoms with Crippen LogP contribution in [0, 0.1) is 5.92 Å². The minimum absolute atomic E-state index is 0.0386. The average molecular weight is 298 g/mol. The van der Waals surface area contributed by atoms with Crippen LogP contribution in [0.15, 0.2) is 54.6 Å². The first-order valence-corrected chi connectivity index (χ1v) is 7.97. The van der Waals surface area contributed by atoms with Crippen LogP contribution in [-0.2, 0) is 6.54 Å². The van der Waals surface area contributed by atoms with Gasteiger partial charge in [0.1, 0.15) is 6.17 Å². The Morgan fingerprint density at radius 3 is 2.32 bits per heavy atom. The summed E-state index contributed by atoms with van der Waals surface area (Å²) in [6, 6.07) is 18.9. The fraction of sp³-hybridized carbons (Fsp3) is 0.368. The highest BCUT2D eigenvalue weighted by molar-refractivity contribution is 5.63. The van der Waals surface area contributed by atoms with E-state index >= 15 is 0 Å². The zero-order chi connectivity index (χ0) is 15.4. The molecule has 2 nitrogen and oxygen atoms in total. The molecule has 116 valence electrons. The van der Waals surface area contributed by atoms with Crippen LogP contribution < -0.4 is 5.73 Å². The molecule has 2 aromatic rings. The molecule has 2 N–H and O–H groups in total. The molecule has 0 spiro atoms. The molecule has 0 amide bonds. The van der Waals surface area contributed by atoms with Crippen LogP contribution in [0.25, 0.3) is 11.1 Å². The fourth-order valence-electron chi connectivity index (χ4n) is 3.12. The largest absolute Gasteiger partial charge is 0.330 e. The second-order valence-corrected chi connectivity index (χ2v) is 6.10. The Kier molecular flexibility index (Phi) is 4.86. The van der Waals surface area contributed by atoms with Gasteiger partial charge in [0, 0.05) is 19.0 Å². The third-order valence-corrected chi connectivity index (χ3v) is 4.53. The van der Waals surface area contributed by atoms with E-state index in [0.717, 1.165) is 19.5 Å². The molecule has 2 aromatic carbocycles. The number of rotatable bonds is 4. The predicted octanol–water partition coefficient (Wildman–Crippen LogP) is 3.47. The van der Waals surface area contributed by atoms with Crippen molar-refractivity contribution >= 4 is 0 Å². The standard InChI is InChI=1S/C19H23FN2/c20-19-14-22(11-10-18(19)12-21)13-15-6-8-17(9-7-15)16-4-2-1-3-5-16/h1-9,18-19H,10-14,21H2/t18-,19-/m0/s1. The van der Waals surface area contributed by atoms with Gasteiger partial charge in [0.15, 0.2) is 0 Å². The summed E-state index contributed by atoms with van der Waals surface area (Å²) in [6.45, 7) is 2.71. The number of hydrogen-bond acceptors (Lipinski definition) is 2. The lowest BCUT2D eigenvalue weighted by molar-refractivity contribution is 0.0839. The topological polar surface area (TPSA) is 29.3 Å². The Bertz CT molecular complexity index is 582. The van der Waals surface area contributed by atoms with Crippen molar-refractivity contribution < 1.29 is 4.39 Å². The maximum absolute atomic E-state index is 14.0. The van der Waals surface area contributed by atoms with Crippen LogP contribution >= 0.6 is 0 Å². The Hall–Kier alpha value is -1.71. The third kappa shape index (κ3) is 3.54. The number of alkyl halides is 1. The minimum atomic E-state index is -0.789. The van der Waals surface area contributed by atoms with Gasteiger partial charge in [-0.15, -0.1) is 0 Å². The Balaban J connectivity index is 1.62. The molecule has 0 unspecified atom stereocenters. The number of nitrogens with two attached hydrogens (primary N) is 1. The third-order valence-electron chi connectivity index (χ3n) is 4.53. The van der Waals surface area contributed by atoms with Crippen LogP contribution in [0.2, 0.25) is 0 Å². The van der Waals surface area contributed by atoms with E-state index in [1.165, 1.54) is 16.7 Å². The first-order chi connectivity index (χ1) is 10.8. The van der Waals surface area contributed by atoms with E-state index in [4.69, 9.17) is 5.73 Å². The van der Waals surface area contributed by atoms with Gasteiger partial charge in [0.05, 0.1) is 0 Å². The van der Waals surface area contributed by atoms with Gasteiger partial charge in [-0.3, -0.25) is 4.90 Å². The van der Waals surface area contributed by atoms with Crippen LogP contribution in [0.3, 0.4) is 0 Å². The molecule has 0 saturated carbocycles. The smallest absolute Gasteiger partial charge is 0.117 e.